The van der Waals surface area contributed by atoms with Crippen molar-refractivity contribution >= 4 is 28.4 Å². The number of nitrogens with two attached hydrogens (primary N) is 1. The van der Waals surface area contributed by atoms with Crippen molar-refractivity contribution in [3.63, 3.8) is 0 Å². The summed E-state index contributed by atoms with van der Waals surface area (Å²) in [6.07, 6.45) is 6.64. The summed E-state index contributed by atoms with van der Waals surface area (Å²) in [4.78, 5) is 32.5. The van der Waals surface area contributed by atoms with Gasteiger partial charge in [-0.05, 0) is 30.0 Å². The quantitative estimate of drug-likeness (QED) is 0.522. The fourth-order valence-electron chi connectivity index (χ4n) is 3.02. The normalized spacial score (nSPS) is 11.6. The van der Waals surface area contributed by atoms with Gasteiger partial charge in [-0.2, -0.15) is 0 Å². The van der Waals surface area contributed by atoms with E-state index in [-0.39, 0.29) is 18.5 Å². The Bertz CT molecular complexity index is 986. The molecule has 1 aromatic carbocycles. The molecule has 3 amide bonds. The Morgan fingerprint density at radius 2 is 1.86 bits per heavy atom. The van der Waals surface area contributed by atoms with Crippen LogP contribution < -0.4 is 21.7 Å². The number of nitrogens with one attached hydrogen (secondary N) is 3. The number of aromatic nitrogens is 2. The molecule has 1 atom stereocenters. The predicted octanol–water partition coefficient (Wildman–Crippen LogP) is 1.94. The maximum absolute atomic E-state index is 12.2. The number of carbonyl (C=O) groups is 2. The molecule has 144 valence electrons. The molecule has 0 aliphatic heterocycles. The Labute approximate surface area is 162 Å². The molecule has 28 heavy (non-hydrogen) atoms. The van der Waals surface area contributed by atoms with Crippen LogP contribution in [0.4, 0.5) is 10.5 Å². The monoisotopic (exact) mass is 378 g/mol. The number of rotatable bonds is 6. The second-order valence-corrected chi connectivity index (χ2v) is 6.10. The highest BCUT2D eigenvalue weighted by molar-refractivity contribution is 5.91. The van der Waals surface area contributed by atoms with Gasteiger partial charge in [-0.1, -0.05) is 18.2 Å². The maximum atomic E-state index is 12.2. The van der Waals surface area contributed by atoms with Crippen LogP contribution in [0.2, 0.25) is 0 Å². The molecule has 8 nitrogen and oxygen atoms in total. The van der Waals surface area contributed by atoms with Gasteiger partial charge in [-0.3, -0.25) is 14.8 Å². The van der Waals surface area contributed by atoms with E-state index in [2.05, 4.69) is 25.9 Å². The van der Waals surface area contributed by atoms with E-state index in [1.165, 1.54) is 0 Å². The molecule has 0 radical (unpaired) electrons. The van der Waals surface area contributed by atoms with Crippen LogP contribution in [0.1, 0.15) is 24.1 Å². The van der Waals surface area contributed by atoms with Gasteiger partial charge >= 0.3 is 6.03 Å². The number of pyridine rings is 2. The van der Waals surface area contributed by atoms with E-state index in [1.54, 1.807) is 30.9 Å². The average molecular weight is 378 g/mol. The first-order chi connectivity index (χ1) is 13.6. The molecule has 2 aromatic heterocycles. The number of carbonyl (C=O) groups excluding carboxylic acids is 2. The third kappa shape index (κ3) is 4.24. The summed E-state index contributed by atoms with van der Waals surface area (Å²) in [5, 5.41) is 10.3. The predicted molar refractivity (Wildman–Crippen MR) is 108 cm³/mol. The van der Waals surface area contributed by atoms with E-state index >= 15 is 0 Å². The number of hydrogen-bond donors (Lipinski definition) is 4. The Morgan fingerprint density at radius 1 is 1.07 bits per heavy atom. The van der Waals surface area contributed by atoms with Gasteiger partial charge in [0.15, 0.2) is 0 Å². The first kappa shape index (κ1) is 19.2. The molecular weight excluding hydrogens is 356 g/mol. The molecule has 3 rings (SSSR count). The SMILES string of the molecule is CCNC(=O)Nc1cnccc1C(NC(=O)CN)c1cccc2ccncc12. The van der Waals surface area contributed by atoms with Gasteiger partial charge in [0.25, 0.3) is 0 Å². The number of urea groups is 1. The van der Waals surface area contributed by atoms with Crippen LogP contribution in [0.25, 0.3) is 10.8 Å². The lowest BCUT2D eigenvalue weighted by molar-refractivity contribution is -0.120. The van der Waals surface area contributed by atoms with Gasteiger partial charge in [0, 0.05) is 36.1 Å². The minimum Gasteiger partial charge on any atom is -0.344 e. The number of benzene rings is 1. The Morgan fingerprint density at radius 3 is 2.64 bits per heavy atom. The third-order valence-electron chi connectivity index (χ3n) is 4.27. The van der Waals surface area contributed by atoms with Gasteiger partial charge in [-0.15, -0.1) is 0 Å². The molecule has 5 N–H and O–H groups in total. The van der Waals surface area contributed by atoms with E-state index < -0.39 is 6.04 Å². The molecule has 0 bridgehead atoms. The fourth-order valence-corrected chi connectivity index (χ4v) is 3.02. The number of hydrogen-bond acceptors (Lipinski definition) is 5. The van der Waals surface area contributed by atoms with E-state index in [0.717, 1.165) is 16.3 Å². The summed E-state index contributed by atoms with van der Waals surface area (Å²) in [7, 11) is 0. The van der Waals surface area contributed by atoms with Crippen molar-refractivity contribution in [2.24, 2.45) is 5.73 Å². The largest absolute Gasteiger partial charge is 0.344 e. The molecule has 2 heterocycles. The lowest BCUT2D eigenvalue weighted by Crippen LogP contribution is -2.35. The second-order valence-electron chi connectivity index (χ2n) is 6.10. The molecule has 0 aliphatic carbocycles. The van der Waals surface area contributed by atoms with Gasteiger partial charge in [-0.25, -0.2) is 4.79 Å². The lowest BCUT2D eigenvalue weighted by atomic mass is 9.94. The Hall–Kier alpha value is -3.52. The van der Waals surface area contributed by atoms with E-state index in [1.807, 2.05) is 31.2 Å². The molecule has 0 spiro atoms. The van der Waals surface area contributed by atoms with Crippen LogP contribution in [-0.4, -0.2) is 35.0 Å². The van der Waals surface area contributed by atoms with Crippen molar-refractivity contribution in [2.45, 2.75) is 13.0 Å². The molecular formula is C20H22N6O2. The first-order valence-corrected chi connectivity index (χ1v) is 8.94. The highest BCUT2D eigenvalue weighted by Gasteiger charge is 2.22. The summed E-state index contributed by atoms with van der Waals surface area (Å²) >= 11 is 0. The Kier molecular flexibility index (Phi) is 6.13. The summed E-state index contributed by atoms with van der Waals surface area (Å²) in [5.41, 5.74) is 7.57. The molecule has 3 aromatic rings. The summed E-state index contributed by atoms with van der Waals surface area (Å²) < 4.78 is 0. The average Bonchev–Trinajstić information content (AvgIpc) is 2.72. The molecule has 0 fully saturated rings. The van der Waals surface area contributed by atoms with E-state index in [0.29, 0.717) is 17.8 Å². The maximum Gasteiger partial charge on any atom is 0.319 e. The lowest BCUT2D eigenvalue weighted by Gasteiger charge is -2.23. The van der Waals surface area contributed by atoms with Gasteiger partial charge in [0.05, 0.1) is 24.5 Å². The molecule has 1 unspecified atom stereocenters. The molecule has 0 saturated heterocycles. The zero-order valence-corrected chi connectivity index (χ0v) is 15.5. The first-order valence-electron chi connectivity index (χ1n) is 8.94. The Balaban J connectivity index is 2.11. The van der Waals surface area contributed by atoms with Crippen molar-refractivity contribution in [3.8, 4) is 0 Å². The molecule has 0 saturated carbocycles. The highest BCUT2D eigenvalue weighted by atomic mass is 16.2. The summed E-state index contributed by atoms with van der Waals surface area (Å²) in [6, 6.07) is 8.59. The zero-order valence-electron chi connectivity index (χ0n) is 15.5. The summed E-state index contributed by atoms with van der Waals surface area (Å²) in [6.45, 7) is 2.17. The number of fused-ring (bicyclic) bond motifs is 1. The molecule has 0 aliphatic rings. The topological polar surface area (TPSA) is 122 Å². The van der Waals surface area contributed by atoms with Gasteiger partial charge in [0.2, 0.25) is 5.91 Å². The number of amides is 3. The second kappa shape index (κ2) is 8.92. The van der Waals surface area contributed by atoms with Crippen LogP contribution in [0.5, 0.6) is 0 Å². The number of nitrogens with zero attached hydrogens (tertiary/aromatic N) is 2. The summed E-state index contributed by atoms with van der Waals surface area (Å²) in [5.74, 6) is -0.313. The van der Waals surface area contributed by atoms with Crippen molar-refractivity contribution in [1.82, 2.24) is 20.6 Å². The van der Waals surface area contributed by atoms with Crippen molar-refractivity contribution in [2.75, 3.05) is 18.4 Å². The van der Waals surface area contributed by atoms with E-state index in [9.17, 15) is 9.59 Å². The highest BCUT2D eigenvalue weighted by Crippen LogP contribution is 2.32. The third-order valence-corrected chi connectivity index (χ3v) is 4.27. The minimum absolute atomic E-state index is 0.149. The van der Waals surface area contributed by atoms with Gasteiger partial charge in [0.1, 0.15) is 0 Å². The van der Waals surface area contributed by atoms with Crippen LogP contribution in [0, 0.1) is 0 Å². The van der Waals surface area contributed by atoms with Crippen LogP contribution >= 0.6 is 0 Å². The fraction of sp³-hybridized carbons (Fsp3) is 0.200. The van der Waals surface area contributed by atoms with E-state index in [4.69, 9.17) is 5.73 Å². The standard InChI is InChI=1S/C20H22N6O2/c1-2-24-20(28)25-17-12-23-9-7-15(17)19(26-18(27)10-21)14-5-3-4-13-6-8-22-11-16(13)14/h3-9,11-12,19H,2,10,21H2,1H3,(H,26,27)(H2,24,25,28). The van der Waals surface area contributed by atoms with Crippen molar-refractivity contribution < 1.29 is 9.59 Å². The smallest absolute Gasteiger partial charge is 0.319 e. The van der Waals surface area contributed by atoms with Crippen LogP contribution in [0.15, 0.2) is 55.1 Å². The van der Waals surface area contributed by atoms with Gasteiger partial charge < -0.3 is 21.7 Å². The van der Waals surface area contributed by atoms with Crippen molar-refractivity contribution in [3.05, 3.63) is 66.2 Å². The minimum atomic E-state index is -0.538. The van der Waals surface area contributed by atoms with Crippen molar-refractivity contribution in [1.29, 1.82) is 0 Å². The zero-order chi connectivity index (χ0) is 19.9. The van der Waals surface area contributed by atoms with Crippen LogP contribution in [-0.2, 0) is 4.79 Å². The molecule has 8 heteroatoms. The number of anilines is 1. The van der Waals surface area contributed by atoms with Crippen LogP contribution in [0.3, 0.4) is 0 Å².